The van der Waals surface area contributed by atoms with E-state index in [0.717, 1.165) is 16.6 Å². The molecule has 1 aromatic carbocycles. The maximum absolute atomic E-state index is 12.2. The van der Waals surface area contributed by atoms with E-state index in [1.54, 1.807) is 29.3 Å². The van der Waals surface area contributed by atoms with Crippen LogP contribution in [0.1, 0.15) is 15.9 Å². The first-order valence-electron chi connectivity index (χ1n) is 6.01. The molecule has 0 aliphatic rings. The van der Waals surface area contributed by atoms with Gasteiger partial charge in [-0.1, -0.05) is 28.1 Å². The molecule has 5 nitrogen and oxygen atoms in total. The van der Waals surface area contributed by atoms with Gasteiger partial charge in [-0.25, -0.2) is 4.52 Å². The number of hydrogen-bond acceptors (Lipinski definition) is 3. The summed E-state index contributed by atoms with van der Waals surface area (Å²) in [7, 11) is 0. The highest BCUT2D eigenvalue weighted by molar-refractivity contribution is 9.08. The van der Waals surface area contributed by atoms with Gasteiger partial charge in [-0.05, 0) is 17.7 Å². The number of nitrogens with zero attached hydrogens (tertiary/aromatic N) is 3. The summed E-state index contributed by atoms with van der Waals surface area (Å²) in [4.78, 5) is 16.3. The highest BCUT2D eigenvalue weighted by atomic mass is 79.9. The normalized spacial score (nSPS) is 10.7. The molecule has 0 atom stereocenters. The van der Waals surface area contributed by atoms with E-state index in [0.29, 0.717) is 11.1 Å². The highest BCUT2D eigenvalue weighted by Crippen LogP contribution is 2.15. The molecule has 0 saturated heterocycles. The number of amides is 1. The van der Waals surface area contributed by atoms with Gasteiger partial charge in [0, 0.05) is 23.4 Å². The monoisotopic (exact) mass is 330 g/mol. The van der Waals surface area contributed by atoms with Crippen LogP contribution in [0.2, 0.25) is 0 Å². The van der Waals surface area contributed by atoms with Crippen LogP contribution in [0.4, 0.5) is 5.69 Å². The molecule has 3 aromatic rings. The fourth-order valence-corrected chi connectivity index (χ4v) is 2.26. The lowest BCUT2D eigenvalue weighted by Gasteiger charge is -2.04. The van der Waals surface area contributed by atoms with E-state index in [1.165, 1.54) is 0 Å². The van der Waals surface area contributed by atoms with Crippen molar-refractivity contribution in [2.75, 3.05) is 5.32 Å². The predicted octanol–water partition coefficient (Wildman–Crippen LogP) is 2.88. The molecule has 0 saturated carbocycles. The number of rotatable bonds is 3. The molecule has 1 amide bonds. The maximum Gasteiger partial charge on any atom is 0.259 e. The van der Waals surface area contributed by atoms with Gasteiger partial charge in [-0.3, -0.25) is 9.78 Å². The zero-order valence-corrected chi connectivity index (χ0v) is 12.0. The second kappa shape index (κ2) is 5.42. The average molecular weight is 331 g/mol. The number of anilines is 1. The topological polar surface area (TPSA) is 59.3 Å². The third-order valence-electron chi connectivity index (χ3n) is 2.94. The number of carbonyl (C=O) groups is 1. The standard InChI is InChI=1S/C14H11BrN4O/c15-7-10-1-3-11(4-2-10)18-14(20)12-8-17-19-6-5-16-9-13(12)19/h1-6,8-9H,7H2,(H,18,20). The Kier molecular flexibility index (Phi) is 3.47. The Morgan fingerprint density at radius 3 is 2.80 bits per heavy atom. The van der Waals surface area contributed by atoms with Crippen LogP contribution in [0.25, 0.3) is 5.52 Å². The summed E-state index contributed by atoms with van der Waals surface area (Å²) in [5, 5.41) is 7.76. The van der Waals surface area contributed by atoms with Crippen LogP contribution in [-0.2, 0) is 5.33 Å². The summed E-state index contributed by atoms with van der Waals surface area (Å²) in [5.74, 6) is -0.195. The van der Waals surface area contributed by atoms with Gasteiger partial charge < -0.3 is 5.32 Å². The first-order chi connectivity index (χ1) is 9.78. The molecule has 2 heterocycles. The van der Waals surface area contributed by atoms with Crippen LogP contribution in [0.15, 0.2) is 49.1 Å². The van der Waals surface area contributed by atoms with Crippen molar-refractivity contribution in [3.8, 4) is 0 Å². The lowest BCUT2D eigenvalue weighted by molar-refractivity contribution is 0.102. The maximum atomic E-state index is 12.2. The van der Waals surface area contributed by atoms with Crippen molar-refractivity contribution in [3.63, 3.8) is 0 Å². The molecule has 2 aromatic heterocycles. The van der Waals surface area contributed by atoms with E-state index in [2.05, 4.69) is 31.3 Å². The summed E-state index contributed by atoms with van der Waals surface area (Å²) in [6.45, 7) is 0. The lowest BCUT2D eigenvalue weighted by Crippen LogP contribution is -2.11. The molecular weight excluding hydrogens is 320 g/mol. The summed E-state index contributed by atoms with van der Waals surface area (Å²) < 4.78 is 1.62. The molecule has 0 fully saturated rings. The number of nitrogens with one attached hydrogen (secondary N) is 1. The van der Waals surface area contributed by atoms with Gasteiger partial charge >= 0.3 is 0 Å². The molecular formula is C14H11BrN4O. The number of aromatic nitrogens is 3. The van der Waals surface area contributed by atoms with Crippen LogP contribution in [0, 0.1) is 0 Å². The molecule has 0 radical (unpaired) electrons. The minimum absolute atomic E-state index is 0.195. The minimum atomic E-state index is -0.195. The summed E-state index contributed by atoms with van der Waals surface area (Å²) in [6, 6.07) is 7.67. The highest BCUT2D eigenvalue weighted by Gasteiger charge is 2.12. The molecule has 3 rings (SSSR count). The van der Waals surface area contributed by atoms with Crippen LogP contribution in [0.3, 0.4) is 0 Å². The molecule has 6 heteroatoms. The third-order valence-corrected chi connectivity index (χ3v) is 3.58. The van der Waals surface area contributed by atoms with Crippen LogP contribution in [-0.4, -0.2) is 20.5 Å². The zero-order chi connectivity index (χ0) is 13.9. The fourth-order valence-electron chi connectivity index (χ4n) is 1.88. The molecule has 20 heavy (non-hydrogen) atoms. The molecule has 0 aliphatic heterocycles. The van der Waals surface area contributed by atoms with Crippen molar-refractivity contribution in [1.29, 1.82) is 0 Å². The van der Waals surface area contributed by atoms with Gasteiger partial charge in [0.2, 0.25) is 0 Å². The molecule has 100 valence electrons. The van der Waals surface area contributed by atoms with E-state index in [9.17, 15) is 4.79 Å². The third kappa shape index (κ3) is 2.42. The van der Waals surface area contributed by atoms with E-state index in [4.69, 9.17) is 0 Å². The van der Waals surface area contributed by atoms with Gasteiger partial charge in [0.1, 0.15) is 0 Å². The number of fused-ring (bicyclic) bond motifs is 1. The van der Waals surface area contributed by atoms with Crippen molar-refractivity contribution in [1.82, 2.24) is 14.6 Å². The van der Waals surface area contributed by atoms with Crippen molar-refractivity contribution in [2.24, 2.45) is 0 Å². The van der Waals surface area contributed by atoms with Crippen LogP contribution >= 0.6 is 15.9 Å². The molecule has 0 aliphatic carbocycles. The predicted molar refractivity (Wildman–Crippen MR) is 80.0 cm³/mol. The van der Waals surface area contributed by atoms with Crippen molar-refractivity contribution in [2.45, 2.75) is 5.33 Å². The lowest BCUT2D eigenvalue weighted by atomic mass is 10.2. The number of benzene rings is 1. The number of alkyl halides is 1. The van der Waals surface area contributed by atoms with Gasteiger partial charge in [0.05, 0.1) is 23.5 Å². The number of halogens is 1. The van der Waals surface area contributed by atoms with Crippen molar-refractivity contribution < 1.29 is 4.79 Å². The Bertz CT molecular complexity index is 751. The van der Waals surface area contributed by atoms with Crippen LogP contribution in [0.5, 0.6) is 0 Å². The van der Waals surface area contributed by atoms with E-state index in [1.807, 2.05) is 24.3 Å². The van der Waals surface area contributed by atoms with E-state index in [-0.39, 0.29) is 5.91 Å². The Morgan fingerprint density at radius 1 is 1.25 bits per heavy atom. The fraction of sp³-hybridized carbons (Fsp3) is 0.0714. The van der Waals surface area contributed by atoms with E-state index < -0.39 is 0 Å². The first kappa shape index (κ1) is 12.8. The average Bonchev–Trinajstić information content (AvgIpc) is 2.92. The summed E-state index contributed by atoms with van der Waals surface area (Å²) in [6.07, 6.45) is 6.49. The Balaban J connectivity index is 1.85. The quantitative estimate of drug-likeness (QED) is 0.751. The molecule has 1 N–H and O–H groups in total. The van der Waals surface area contributed by atoms with Gasteiger partial charge in [-0.2, -0.15) is 5.10 Å². The molecule has 0 bridgehead atoms. The number of carbonyl (C=O) groups excluding carboxylic acids is 1. The second-order valence-electron chi connectivity index (χ2n) is 4.25. The summed E-state index contributed by atoms with van der Waals surface area (Å²) >= 11 is 3.39. The van der Waals surface area contributed by atoms with Crippen molar-refractivity contribution >= 4 is 33.0 Å². The largest absolute Gasteiger partial charge is 0.322 e. The van der Waals surface area contributed by atoms with Crippen LogP contribution < -0.4 is 5.32 Å². The second-order valence-corrected chi connectivity index (χ2v) is 4.81. The van der Waals surface area contributed by atoms with Gasteiger partial charge in [0.25, 0.3) is 5.91 Å². The SMILES string of the molecule is O=C(Nc1ccc(CBr)cc1)c1cnn2ccncc12. The smallest absolute Gasteiger partial charge is 0.259 e. The Morgan fingerprint density at radius 2 is 2.05 bits per heavy atom. The Labute approximate surface area is 123 Å². The minimum Gasteiger partial charge on any atom is -0.322 e. The van der Waals surface area contributed by atoms with Gasteiger partial charge in [0.15, 0.2) is 0 Å². The number of hydrogen-bond donors (Lipinski definition) is 1. The first-order valence-corrected chi connectivity index (χ1v) is 7.13. The van der Waals surface area contributed by atoms with E-state index >= 15 is 0 Å². The summed E-state index contributed by atoms with van der Waals surface area (Å²) in [5.41, 5.74) is 3.09. The van der Waals surface area contributed by atoms with Gasteiger partial charge in [-0.15, -0.1) is 0 Å². The molecule has 0 unspecified atom stereocenters. The molecule has 0 spiro atoms. The Hall–Kier alpha value is -2.21. The zero-order valence-electron chi connectivity index (χ0n) is 10.5. The van der Waals surface area contributed by atoms with Crippen molar-refractivity contribution in [3.05, 3.63) is 60.2 Å².